The highest BCUT2D eigenvalue weighted by Crippen LogP contribution is 2.31. The zero-order valence-corrected chi connectivity index (χ0v) is 18.0. The van der Waals surface area contributed by atoms with Gasteiger partial charge in [-0.25, -0.2) is 4.39 Å². The van der Waals surface area contributed by atoms with Crippen LogP contribution in [-0.4, -0.2) is 49.4 Å². The van der Waals surface area contributed by atoms with Gasteiger partial charge in [-0.1, -0.05) is 13.8 Å². The lowest BCUT2D eigenvalue weighted by Crippen LogP contribution is -2.38. The highest BCUT2D eigenvalue weighted by molar-refractivity contribution is 5.51. The number of benzene rings is 1. The van der Waals surface area contributed by atoms with Crippen LogP contribution >= 0.6 is 0 Å². The largest absolute Gasteiger partial charge is 0.467 e. The molecule has 0 unspecified atom stereocenters. The first-order valence-electron chi connectivity index (χ1n) is 10.7. The number of morpholine rings is 1. The maximum atomic E-state index is 14.0. The molecule has 0 aliphatic carbocycles. The summed E-state index contributed by atoms with van der Waals surface area (Å²) in [4.78, 5) is 2.36. The van der Waals surface area contributed by atoms with Gasteiger partial charge in [-0.2, -0.15) is 5.10 Å². The van der Waals surface area contributed by atoms with E-state index in [9.17, 15) is 4.39 Å². The van der Waals surface area contributed by atoms with Gasteiger partial charge in [0.15, 0.2) is 6.79 Å². The molecule has 1 N–H and O–H groups in total. The Labute approximate surface area is 177 Å². The third-order valence-corrected chi connectivity index (χ3v) is 5.63. The maximum Gasteiger partial charge on any atom is 0.189 e. The van der Waals surface area contributed by atoms with Crippen molar-refractivity contribution in [2.75, 3.05) is 44.5 Å². The van der Waals surface area contributed by atoms with Crippen LogP contribution < -0.4 is 15.0 Å². The van der Waals surface area contributed by atoms with Crippen molar-refractivity contribution in [3.8, 4) is 5.75 Å². The van der Waals surface area contributed by atoms with E-state index in [4.69, 9.17) is 19.3 Å². The van der Waals surface area contributed by atoms with Gasteiger partial charge in [0.2, 0.25) is 0 Å². The van der Waals surface area contributed by atoms with E-state index in [0.717, 1.165) is 67.8 Å². The van der Waals surface area contributed by atoms with Gasteiger partial charge in [-0.05, 0) is 36.6 Å². The SMILES string of the molecule is CC(C)c1nn(C)c(N2CCOCC2)c1CNCCc1cc(F)cc2c1OCOC2. The van der Waals surface area contributed by atoms with Crippen molar-refractivity contribution in [2.45, 2.75) is 39.3 Å². The summed E-state index contributed by atoms with van der Waals surface area (Å²) in [6, 6.07) is 3.05. The topological polar surface area (TPSA) is 60.8 Å². The van der Waals surface area contributed by atoms with E-state index in [2.05, 4.69) is 24.1 Å². The van der Waals surface area contributed by atoms with Crippen molar-refractivity contribution in [3.05, 3.63) is 40.3 Å². The standard InChI is InChI=1S/C22H31FN4O3/c1-15(2)20-19(22(26(3)25-20)27-6-8-28-9-7-27)12-24-5-4-16-10-18(23)11-17-13-29-14-30-21(16)17/h10-11,15,24H,4-9,12-14H2,1-3H3. The van der Waals surface area contributed by atoms with E-state index in [1.165, 1.54) is 11.6 Å². The molecule has 1 aromatic carbocycles. The quantitative estimate of drug-likeness (QED) is 0.698. The van der Waals surface area contributed by atoms with Crippen molar-refractivity contribution in [1.82, 2.24) is 15.1 Å². The fourth-order valence-electron chi connectivity index (χ4n) is 4.26. The predicted octanol–water partition coefficient (Wildman–Crippen LogP) is 2.72. The van der Waals surface area contributed by atoms with Crippen LogP contribution in [0.3, 0.4) is 0 Å². The molecule has 0 bridgehead atoms. The Morgan fingerprint density at radius 2 is 2.00 bits per heavy atom. The molecule has 164 valence electrons. The summed E-state index contributed by atoms with van der Waals surface area (Å²) in [6.45, 7) is 9.62. The monoisotopic (exact) mass is 418 g/mol. The molecule has 0 amide bonds. The van der Waals surface area contributed by atoms with Crippen LogP contribution in [0, 0.1) is 5.82 Å². The van der Waals surface area contributed by atoms with E-state index in [0.29, 0.717) is 18.9 Å². The van der Waals surface area contributed by atoms with Crippen molar-refractivity contribution in [2.24, 2.45) is 7.05 Å². The van der Waals surface area contributed by atoms with Crippen molar-refractivity contribution in [1.29, 1.82) is 0 Å². The van der Waals surface area contributed by atoms with Crippen LogP contribution in [0.4, 0.5) is 10.2 Å². The minimum atomic E-state index is -0.248. The fraction of sp³-hybridized carbons (Fsp3) is 0.591. The molecule has 2 aliphatic rings. The molecule has 0 spiro atoms. The van der Waals surface area contributed by atoms with E-state index in [-0.39, 0.29) is 12.6 Å². The second kappa shape index (κ2) is 9.32. The third-order valence-electron chi connectivity index (χ3n) is 5.63. The van der Waals surface area contributed by atoms with Crippen LogP contribution in [0.15, 0.2) is 12.1 Å². The molecule has 8 heteroatoms. The zero-order chi connectivity index (χ0) is 21.1. The molecule has 4 rings (SSSR count). The normalized spacial score (nSPS) is 16.6. The molecule has 7 nitrogen and oxygen atoms in total. The van der Waals surface area contributed by atoms with Crippen molar-refractivity contribution >= 4 is 5.82 Å². The van der Waals surface area contributed by atoms with Gasteiger partial charge in [0.05, 0.1) is 25.5 Å². The second-order valence-electron chi connectivity index (χ2n) is 8.16. The van der Waals surface area contributed by atoms with Gasteiger partial charge >= 0.3 is 0 Å². The first kappa shape index (κ1) is 21.1. The molecule has 30 heavy (non-hydrogen) atoms. The lowest BCUT2D eigenvalue weighted by atomic mass is 10.0. The number of halogens is 1. The molecule has 1 saturated heterocycles. The number of rotatable bonds is 7. The minimum absolute atomic E-state index is 0.218. The first-order valence-corrected chi connectivity index (χ1v) is 10.7. The van der Waals surface area contributed by atoms with Crippen LogP contribution in [-0.2, 0) is 36.1 Å². The molecule has 1 aromatic heterocycles. The Morgan fingerprint density at radius 1 is 1.20 bits per heavy atom. The van der Waals surface area contributed by atoms with Crippen LogP contribution in [0.5, 0.6) is 5.75 Å². The predicted molar refractivity (Wildman–Crippen MR) is 112 cm³/mol. The van der Waals surface area contributed by atoms with Crippen LogP contribution in [0.1, 0.15) is 42.1 Å². The maximum absolute atomic E-state index is 14.0. The molecule has 1 fully saturated rings. The summed E-state index contributed by atoms with van der Waals surface area (Å²) in [5, 5.41) is 8.35. The van der Waals surface area contributed by atoms with Gasteiger partial charge in [0.1, 0.15) is 17.4 Å². The van der Waals surface area contributed by atoms with Gasteiger partial charge < -0.3 is 24.4 Å². The fourth-order valence-corrected chi connectivity index (χ4v) is 4.26. The molecular weight excluding hydrogens is 387 g/mol. The van der Waals surface area contributed by atoms with Gasteiger partial charge in [0.25, 0.3) is 0 Å². The number of hydrogen-bond donors (Lipinski definition) is 1. The Kier molecular flexibility index (Phi) is 6.55. The molecule has 0 radical (unpaired) electrons. The number of fused-ring (bicyclic) bond motifs is 1. The molecule has 3 heterocycles. The number of anilines is 1. The van der Waals surface area contributed by atoms with Gasteiger partial charge in [-0.3, -0.25) is 4.68 Å². The number of nitrogens with zero attached hydrogens (tertiary/aromatic N) is 3. The van der Waals surface area contributed by atoms with Gasteiger partial charge in [0, 0.05) is 37.8 Å². The van der Waals surface area contributed by atoms with E-state index in [1.54, 1.807) is 6.07 Å². The highest BCUT2D eigenvalue weighted by Gasteiger charge is 2.24. The first-order chi connectivity index (χ1) is 14.5. The summed E-state index contributed by atoms with van der Waals surface area (Å²) >= 11 is 0. The van der Waals surface area contributed by atoms with E-state index >= 15 is 0 Å². The summed E-state index contributed by atoms with van der Waals surface area (Å²) in [5.41, 5.74) is 4.01. The minimum Gasteiger partial charge on any atom is -0.467 e. The molecular formula is C22H31FN4O3. The number of hydrogen-bond acceptors (Lipinski definition) is 6. The summed E-state index contributed by atoms with van der Waals surface area (Å²) in [6.07, 6.45) is 0.685. The number of ether oxygens (including phenoxy) is 3. The number of aromatic nitrogens is 2. The summed E-state index contributed by atoms with van der Waals surface area (Å²) in [5.74, 6) is 2.02. The molecule has 2 aromatic rings. The highest BCUT2D eigenvalue weighted by atomic mass is 19.1. The van der Waals surface area contributed by atoms with Crippen molar-refractivity contribution in [3.63, 3.8) is 0 Å². The number of nitrogens with one attached hydrogen (secondary N) is 1. The Balaban J connectivity index is 1.46. The van der Waals surface area contributed by atoms with Crippen LogP contribution in [0.2, 0.25) is 0 Å². The van der Waals surface area contributed by atoms with Gasteiger partial charge in [-0.15, -0.1) is 0 Å². The Hall–Kier alpha value is -2.16. The lowest BCUT2D eigenvalue weighted by molar-refractivity contribution is -0.0172. The smallest absolute Gasteiger partial charge is 0.189 e. The number of aryl methyl sites for hydroxylation is 1. The van der Waals surface area contributed by atoms with E-state index < -0.39 is 0 Å². The molecule has 2 aliphatic heterocycles. The lowest BCUT2D eigenvalue weighted by Gasteiger charge is -2.29. The average Bonchev–Trinajstić information content (AvgIpc) is 3.08. The van der Waals surface area contributed by atoms with Crippen LogP contribution in [0.25, 0.3) is 0 Å². The second-order valence-corrected chi connectivity index (χ2v) is 8.16. The van der Waals surface area contributed by atoms with Crippen molar-refractivity contribution < 1.29 is 18.6 Å². The summed E-state index contributed by atoms with van der Waals surface area (Å²) < 4.78 is 32.4. The third kappa shape index (κ3) is 4.45. The Morgan fingerprint density at radius 3 is 2.77 bits per heavy atom. The van der Waals surface area contributed by atoms with E-state index in [1.807, 2.05) is 11.7 Å². The average molecular weight is 419 g/mol. The molecule has 0 atom stereocenters. The summed E-state index contributed by atoms with van der Waals surface area (Å²) in [7, 11) is 2.01. The zero-order valence-electron chi connectivity index (χ0n) is 18.0. The molecule has 0 saturated carbocycles. The Bertz CT molecular complexity index is 878.